The highest BCUT2D eigenvalue weighted by Crippen LogP contribution is 2.32. The first-order chi connectivity index (χ1) is 14.0. The van der Waals surface area contributed by atoms with Gasteiger partial charge >= 0.3 is 5.97 Å². The smallest absolute Gasteiger partial charge is 0.318 e. The Bertz CT molecular complexity index is 716. The lowest BCUT2D eigenvalue weighted by Gasteiger charge is -2.39. The van der Waals surface area contributed by atoms with E-state index in [-0.39, 0.29) is 19.8 Å². The van der Waals surface area contributed by atoms with Gasteiger partial charge in [0.1, 0.15) is 5.41 Å². The van der Waals surface area contributed by atoms with Crippen LogP contribution in [0.3, 0.4) is 0 Å². The number of aliphatic hydroxyl groups is 1. The SMILES string of the molecule is C=CC(/C=C/C1(C(=O)O)COC(C)(C)OC1)=C\C(=N\C(=C/C)CC)C(=C)C.CCO. The van der Waals surface area contributed by atoms with Crippen molar-refractivity contribution in [2.24, 2.45) is 10.4 Å². The van der Waals surface area contributed by atoms with Crippen molar-refractivity contribution in [1.29, 1.82) is 0 Å². The van der Waals surface area contributed by atoms with Gasteiger partial charge in [0.05, 0.1) is 18.9 Å². The summed E-state index contributed by atoms with van der Waals surface area (Å²) in [7, 11) is 0. The summed E-state index contributed by atoms with van der Waals surface area (Å²) in [4.78, 5) is 16.5. The number of ether oxygens (including phenoxy) is 2. The van der Waals surface area contributed by atoms with E-state index >= 15 is 0 Å². The lowest BCUT2D eigenvalue weighted by atomic mass is 9.87. The van der Waals surface area contributed by atoms with Gasteiger partial charge in [-0.1, -0.05) is 44.4 Å². The maximum Gasteiger partial charge on any atom is 0.318 e. The molecule has 0 aromatic rings. The number of hydrogen-bond donors (Lipinski definition) is 2. The van der Waals surface area contributed by atoms with Gasteiger partial charge in [-0.25, -0.2) is 0 Å². The second kappa shape index (κ2) is 13.1. The van der Waals surface area contributed by atoms with Crippen molar-refractivity contribution in [3.05, 3.63) is 60.4 Å². The zero-order valence-corrected chi connectivity index (χ0v) is 19.2. The Balaban J connectivity index is 0.00000263. The molecule has 0 aliphatic carbocycles. The number of carbonyl (C=O) groups is 1. The summed E-state index contributed by atoms with van der Waals surface area (Å²) in [6.45, 7) is 19.2. The molecule has 168 valence electrons. The minimum atomic E-state index is -1.24. The quantitative estimate of drug-likeness (QED) is 0.434. The maximum absolute atomic E-state index is 11.8. The lowest BCUT2D eigenvalue weighted by molar-refractivity contribution is -0.275. The molecule has 1 rings (SSSR count). The molecule has 6 nitrogen and oxygen atoms in total. The highest BCUT2D eigenvalue weighted by atomic mass is 16.7. The molecule has 0 amide bonds. The van der Waals surface area contributed by atoms with Crippen LogP contribution >= 0.6 is 0 Å². The van der Waals surface area contributed by atoms with Crippen molar-refractivity contribution < 1.29 is 24.5 Å². The van der Waals surface area contributed by atoms with Crippen LogP contribution in [0.1, 0.15) is 48.0 Å². The van der Waals surface area contributed by atoms with Crippen molar-refractivity contribution in [2.45, 2.75) is 53.8 Å². The highest BCUT2D eigenvalue weighted by molar-refractivity contribution is 6.08. The van der Waals surface area contributed by atoms with E-state index < -0.39 is 17.2 Å². The van der Waals surface area contributed by atoms with Gasteiger partial charge in [-0.05, 0) is 58.3 Å². The summed E-state index contributed by atoms with van der Waals surface area (Å²) in [5, 5.41) is 17.3. The number of aliphatic carboxylic acids is 1. The summed E-state index contributed by atoms with van der Waals surface area (Å²) in [6, 6.07) is 0. The molecule has 30 heavy (non-hydrogen) atoms. The molecule has 1 heterocycles. The van der Waals surface area contributed by atoms with Gasteiger partial charge in [0, 0.05) is 12.3 Å². The minimum Gasteiger partial charge on any atom is -0.480 e. The van der Waals surface area contributed by atoms with E-state index in [1.807, 2.05) is 32.9 Å². The molecular formula is C24H37NO5. The molecule has 6 heteroatoms. The Morgan fingerprint density at radius 1 is 1.23 bits per heavy atom. The molecule has 2 N–H and O–H groups in total. The molecule has 0 aromatic heterocycles. The summed E-state index contributed by atoms with van der Waals surface area (Å²) in [5.74, 6) is -1.78. The van der Waals surface area contributed by atoms with Crippen LogP contribution in [0, 0.1) is 5.41 Å². The molecular weight excluding hydrogens is 382 g/mol. The molecule has 0 atom stereocenters. The molecule has 0 bridgehead atoms. The average Bonchev–Trinajstić information content (AvgIpc) is 2.69. The van der Waals surface area contributed by atoms with Crippen molar-refractivity contribution >= 4 is 11.7 Å². The van der Waals surface area contributed by atoms with E-state index in [0.717, 1.165) is 29.0 Å². The Labute approximate surface area is 181 Å². The van der Waals surface area contributed by atoms with E-state index in [9.17, 15) is 9.90 Å². The van der Waals surface area contributed by atoms with Crippen LogP contribution in [0.4, 0.5) is 0 Å². The number of aliphatic imine (C=N–C) groups is 1. The number of rotatable bonds is 8. The second-order valence-corrected chi connectivity index (χ2v) is 7.35. The third-order valence-corrected chi connectivity index (χ3v) is 4.31. The molecule has 0 unspecified atom stereocenters. The topological polar surface area (TPSA) is 88.4 Å². The van der Waals surface area contributed by atoms with Crippen LogP contribution in [-0.4, -0.2) is 47.5 Å². The van der Waals surface area contributed by atoms with Gasteiger partial charge in [-0.3, -0.25) is 9.79 Å². The van der Waals surface area contributed by atoms with Crippen molar-refractivity contribution in [3.8, 4) is 0 Å². The van der Waals surface area contributed by atoms with Crippen LogP contribution in [-0.2, 0) is 14.3 Å². The van der Waals surface area contributed by atoms with Crippen LogP contribution < -0.4 is 0 Å². The maximum atomic E-state index is 11.8. The molecule has 1 saturated heterocycles. The zero-order chi connectivity index (χ0) is 23.4. The summed E-state index contributed by atoms with van der Waals surface area (Å²) in [5.41, 5.74) is 1.99. The van der Waals surface area contributed by atoms with Gasteiger partial charge in [0.25, 0.3) is 0 Å². The van der Waals surface area contributed by atoms with E-state index in [4.69, 9.17) is 14.6 Å². The van der Waals surface area contributed by atoms with E-state index in [1.165, 1.54) is 0 Å². The zero-order valence-electron chi connectivity index (χ0n) is 19.2. The first-order valence-corrected chi connectivity index (χ1v) is 10.1. The van der Waals surface area contributed by atoms with Gasteiger partial charge in [-0.2, -0.15) is 0 Å². The summed E-state index contributed by atoms with van der Waals surface area (Å²) < 4.78 is 11.1. The van der Waals surface area contributed by atoms with Gasteiger partial charge < -0.3 is 19.7 Å². The Hall–Kier alpha value is -2.28. The number of carboxylic acids is 1. The monoisotopic (exact) mass is 419 g/mol. The van der Waals surface area contributed by atoms with E-state index in [1.54, 1.807) is 39.0 Å². The first-order valence-electron chi connectivity index (χ1n) is 10.1. The Morgan fingerprint density at radius 3 is 2.13 bits per heavy atom. The van der Waals surface area contributed by atoms with Gasteiger partial charge in [0.15, 0.2) is 5.79 Å². The number of hydrogen-bond acceptors (Lipinski definition) is 5. The molecule has 1 fully saturated rings. The number of nitrogens with zero attached hydrogens (tertiary/aromatic N) is 1. The average molecular weight is 420 g/mol. The van der Waals surface area contributed by atoms with E-state index in [2.05, 4.69) is 18.2 Å². The van der Waals surface area contributed by atoms with Gasteiger partial charge in [0.2, 0.25) is 0 Å². The lowest BCUT2D eigenvalue weighted by Crippen LogP contribution is -2.49. The normalized spacial score (nSPS) is 19.1. The van der Waals surface area contributed by atoms with Crippen molar-refractivity contribution in [1.82, 2.24) is 0 Å². The second-order valence-electron chi connectivity index (χ2n) is 7.35. The third kappa shape index (κ3) is 9.03. The fourth-order valence-corrected chi connectivity index (χ4v) is 2.32. The highest BCUT2D eigenvalue weighted by Gasteiger charge is 2.44. The molecule has 1 aliphatic rings. The molecule has 0 saturated carbocycles. The van der Waals surface area contributed by atoms with Crippen LogP contribution in [0.15, 0.2) is 65.4 Å². The molecule has 0 spiro atoms. The van der Waals surface area contributed by atoms with Crippen molar-refractivity contribution in [3.63, 3.8) is 0 Å². The standard InChI is InChI=1S/C22H31NO4.C2H6O/c1-8-17(13-19(16(4)5)23-18(9-2)10-3)11-12-22(20(24)25)14-26-21(6,7)27-15-22;1-2-3/h8-9,11-13H,1,4,10,14-15H2,2-3,5-7H3,(H,24,25);3H,2H2,1H3/b12-11+,17-13+,18-9-,23-19-;. The number of allylic oxidation sites excluding steroid dienone is 7. The Kier molecular flexibility index (Phi) is 12.1. The number of carboxylic acid groups (broad SMARTS) is 1. The predicted molar refractivity (Wildman–Crippen MR) is 123 cm³/mol. The van der Waals surface area contributed by atoms with Crippen LogP contribution in [0.25, 0.3) is 0 Å². The van der Waals surface area contributed by atoms with Crippen molar-refractivity contribution in [2.75, 3.05) is 19.8 Å². The number of aliphatic hydroxyl groups excluding tert-OH is 1. The molecule has 0 radical (unpaired) electrons. The largest absolute Gasteiger partial charge is 0.480 e. The van der Waals surface area contributed by atoms with Gasteiger partial charge in [-0.15, -0.1) is 0 Å². The molecule has 0 aromatic carbocycles. The predicted octanol–water partition coefficient (Wildman–Crippen LogP) is 4.84. The minimum absolute atomic E-state index is 0.0379. The van der Waals surface area contributed by atoms with Crippen LogP contribution in [0.2, 0.25) is 0 Å². The Morgan fingerprint density at radius 2 is 1.77 bits per heavy atom. The third-order valence-electron chi connectivity index (χ3n) is 4.31. The molecule has 1 aliphatic heterocycles. The fraction of sp³-hybridized carbons (Fsp3) is 0.500. The van der Waals surface area contributed by atoms with E-state index in [0.29, 0.717) is 0 Å². The summed E-state index contributed by atoms with van der Waals surface area (Å²) in [6.07, 6.45) is 9.58. The first kappa shape index (κ1) is 27.7. The fourth-order valence-electron chi connectivity index (χ4n) is 2.32. The summed E-state index contributed by atoms with van der Waals surface area (Å²) >= 11 is 0. The van der Waals surface area contributed by atoms with Crippen LogP contribution in [0.5, 0.6) is 0 Å².